The van der Waals surface area contributed by atoms with Crippen LogP contribution in [0.25, 0.3) is 0 Å². The number of halogens is 3. The van der Waals surface area contributed by atoms with Crippen molar-refractivity contribution in [3.8, 4) is 0 Å². The van der Waals surface area contributed by atoms with Crippen LogP contribution in [0, 0.1) is 11.8 Å². The molecule has 2 unspecified atom stereocenters. The van der Waals surface area contributed by atoms with Crippen molar-refractivity contribution >= 4 is 17.5 Å². The zero-order chi connectivity index (χ0) is 18.0. The van der Waals surface area contributed by atoms with E-state index in [-0.39, 0.29) is 17.6 Å². The minimum Gasteiger partial charge on any atom is -0.353 e. The molecule has 4 nitrogen and oxygen atoms in total. The Morgan fingerprint density at radius 2 is 1.60 bits per heavy atom. The molecule has 0 spiro atoms. The Labute approximate surface area is 144 Å². The fourth-order valence-corrected chi connectivity index (χ4v) is 3.39. The third-order valence-electron chi connectivity index (χ3n) is 4.91. The molecule has 0 aliphatic heterocycles. The van der Waals surface area contributed by atoms with E-state index in [0.29, 0.717) is 6.42 Å². The van der Waals surface area contributed by atoms with E-state index in [0.717, 1.165) is 31.7 Å². The summed E-state index contributed by atoms with van der Waals surface area (Å²) in [7, 11) is 0. The fraction of sp³-hybridized carbons (Fsp3) is 0.556. The molecule has 0 radical (unpaired) electrons. The first-order valence-electron chi connectivity index (χ1n) is 8.63. The molecular weight excluding hydrogens is 333 g/mol. The Balaban J connectivity index is 1.56. The molecule has 0 heterocycles. The lowest BCUT2D eigenvalue weighted by atomic mass is 9.95. The minimum atomic E-state index is -4.54. The van der Waals surface area contributed by atoms with Crippen LogP contribution in [-0.4, -0.2) is 17.9 Å². The average Bonchev–Trinajstić information content (AvgIpc) is 3.36. The number of para-hydroxylation sites is 1. The van der Waals surface area contributed by atoms with Gasteiger partial charge in [0.1, 0.15) is 0 Å². The number of hydrogen-bond donors (Lipinski definition) is 2. The molecule has 0 aromatic heterocycles. The van der Waals surface area contributed by atoms with E-state index in [9.17, 15) is 22.8 Å². The number of carbonyl (C=O) groups is 2. The predicted molar refractivity (Wildman–Crippen MR) is 86.7 cm³/mol. The van der Waals surface area contributed by atoms with Crippen LogP contribution >= 0.6 is 0 Å². The van der Waals surface area contributed by atoms with Gasteiger partial charge in [-0.1, -0.05) is 31.4 Å². The highest BCUT2D eigenvalue weighted by atomic mass is 19.4. The largest absolute Gasteiger partial charge is 0.418 e. The van der Waals surface area contributed by atoms with Crippen molar-refractivity contribution in [2.75, 3.05) is 5.32 Å². The summed E-state index contributed by atoms with van der Waals surface area (Å²) in [6.07, 6.45) is 1.12. The second kappa shape index (κ2) is 7.06. The molecule has 2 amide bonds. The Hall–Kier alpha value is -2.05. The summed E-state index contributed by atoms with van der Waals surface area (Å²) < 4.78 is 38.9. The van der Waals surface area contributed by atoms with Crippen molar-refractivity contribution in [3.63, 3.8) is 0 Å². The Bertz CT molecular complexity index is 654. The molecule has 0 bridgehead atoms. The maximum absolute atomic E-state index is 13.0. The van der Waals surface area contributed by atoms with Crippen molar-refractivity contribution in [1.29, 1.82) is 0 Å². The zero-order valence-corrected chi connectivity index (χ0v) is 13.7. The number of rotatable bonds is 4. The Kier molecular flexibility index (Phi) is 5.01. The second-order valence-corrected chi connectivity index (χ2v) is 6.82. The van der Waals surface area contributed by atoms with Gasteiger partial charge in [-0.3, -0.25) is 9.59 Å². The lowest BCUT2D eigenvalue weighted by molar-refractivity contribution is -0.137. The molecule has 25 heavy (non-hydrogen) atoms. The second-order valence-electron chi connectivity index (χ2n) is 6.82. The van der Waals surface area contributed by atoms with Gasteiger partial charge in [0, 0.05) is 6.04 Å². The first kappa shape index (κ1) is 17.8. The van der Waals surface area contributed by atoms with Crippen LogP contribution in [0.4, 0.5) is 18.9 Å². The van der Waals surface area contributed by atoms with E-state index in [2.05, 4.69) is 10.6 Å². The van der Waals surface area contributed by atoms with Crippen LogP contribution in [0.2, 0.25) is 0 Å². The first-order chi connectivity index (χ1) is 11.9. The molecule has 3 rings (SSSR count). The fourth-order valence-electron chi connectivity index (χ4n) is 3.39. The molecule has 2 N–H and O–H groups in total. The Morgan fingerprint density at radius 1 is 0.960 bits per heavy atom. The summed E-state index contributed by atoms with van der Waals surface area (Å²) in [5.74, 6) is -1.67. The van der Waals surface area contributed by atoms with Gasteiger partial charge in [0.2, 0.25) is 11.8 Å². The van der Waals surface area contributed by atoms with Crippen molar-refractivity contribution < 1.29 is 22.8 Å². The molecule has 136 valence electrons. The molecule has 2 fully saturated rings. The highest BCUT2D eigenvalue weighted by Crippen LogP contribution is 2.41. The Morgan fingerprint density at radius 3 is 2.28 bits per heavy atom. The highest BCUT2D eigenvalue weighted by molar-refractivity contribution is 6.00. The topological polar surface area (TPSA) is 58.2 Å². The van der Waals surface area contributed by atoms with Gasteiger partial charge >= 0.3 is 6.18 Å². The van der Waals surface area contributed by atoms with Crippen molar-refractivity contribution in [1.82, 2.24) is 5.32 Å². The standard InChI is InChI=1S/C18H21F3N2O2/c19-18(20,21)14-8-4-5-9-15(14)23-17(25)13-10-12(13)16(24)22-11-6-2-1-3-7-11/h4-5,8-9,11-13H,1-3,6-7,10H2,(H,22,24)(H,23,25). The zero-order valence-electron chi connectivity index (χ0n) is 13.7. The van der Waals surface area contributed by atoms with Gasteiger partial charge in [0.05, 0.1) is 23.1 Å². The van der Waals surface area contributed by atoms with Gasteiger partial charge in [-0.25, -0.2) is 0 Å². The van der Waals surface area contributed by atoms with Crippen molar-refractivity contribution in [3.05, 3.63) is 29.8 Å². The van der Waals surface area contributed by atoms with Gasteiger partial charge in [0.25, 0.3) is 0 Å². The third-order valence-corrected chi connectivity index (χ3v) is 4.91. The van der Waals surface area contributed by atoms with Gasteiger partial charge in [0.15, 0.2) is 0 Å². The number of nitrogens with one attached hydrogen (secondary N) is 2. The van der Waals surface area contributed by atoms with E-state index in [1.165, 1.54) is 24.6 Å². The van der Waals surface area contributed by atoms with E-state index in [1.54, 1.807) is 0 Å². The van der Waals surface area contributed by atoms with Crippen LogP contribution in [0.3, 0.4) is 0 Å². The number of anilines is 1. The summed E-state index contributed by atoms with van der Waals surface area (Å²) in [6, 6.07) is 5.02. The number of carbonyl (C=O) groups excluding carboxylic acids is 2. The highest BCUT2D eigenvalue weighted by Gasteiger charge is 2.48. The monoisotopic (exact) mass is 354 g/mol. The molecule has 2 aliphatic rings. The summed E-state index contributed by atoms with van der Waals surface area (Å²) in [6.45, 7) is 0. The molecule has 7 heteroatoms. The van der Waals surface area contributed by atoms with Gasteiger partial charge in [-0.05, 0) is 31.4 Å². The number of hydrogen-bond acceptors (Lipinski definition) is 2. The molecule has 0 saturated heterocycles. The summed E-state index contributed by atoms with van der Waals surface area (Å²) >= 11 is 0. The van der Waals surface area contributed by atoms with Gasteiger partial charge in [-0.2, -0.15) is 13.2 Å². The van der Waals surface area contributed by atoms with Crippen molar-refractivity contribution in [2.45, 2.75) is 50.7 Å². The van der Waals surface area contributed by atoms with Crippen LogP contribution in [0.15, 0.2) is 24.3 Å². The molecule has 2 aliphatic carbocycles. The first-order valence-corrected chi connectivity index (χ1v) is 8.63. The molecule has 2 atom stereocenters. The van der Waals surface area contributed by atoms with Gasteiger partial charge < -0.3 is 10.6 Å². The average molecular weight is 354 g/mol. The van der Waals surface area contributed by atoms with Crippen LogP contribution in [-0.2, 0) is 15.8 Å². The lowest BCUT2D eigenvalue weighted by Crippen LogP contribution is -2.37. The lowest BCUT2D eigenvalue weighted by Gasteiger charge is -2.22. The summed E-state index contributed by atoms with van der Waals surface area (Å²) in [5, 5.41) is 5.29. The number of benzene rings is 1. The number of alkyl halides is 3. The van der Waals surface area contributed by atoms with E-state index in [1.807, 2.05) is 0 Å². The van der Waals surface area contributed by atoms with E-state index >= 15 is 0 Å². The minimum absolute atomic E-state index is 0.156. The molecule has 1 aromatic carbocycles. The van der Waals surface area contributed by atoms with E-state index in [4.69, 9.17) is 0 Å². The smallest absolute Gasteiger partial charge is 0.353 e. The maximum Gasteiger partial charge on any atom is 0.418 e. The third kappa shape index (κ3) is 4.32. The maximum atomic E-state index is 13.0. The molecule has 1 aromatic rings. The van der Waals surface area contributed by atoms with Gasteiger partial charge in [-0.15, -0.1) is 0 Å². The van der Waals surface area contributed by atoms with Crippen LogP contribution in [0.1, 0.15) is 44.1 Å². The summed E-state index contributed by atoms with van der Waals surface area (Å²) in [5.41, 5.74) is -1.15. The van der Waals surface area contributed by atoms with E-state index < -0.39 is 29.5 Å². The predicted octanol–water partition coefficient (Wildman–Crippen LogP) is 3.73. The SMILES string of the molecule is O=C(Nc1ccccc1C(F)(F)F)C1CC1C(=O)NC1CCCCC1. The van der Waals surface area contributed by atoms with Crippen molar-refractivity contribution in [2.24, 2.45) is 11.8 Å². The van der Waals surface area contributed by atoms with Crippen LogP contribution < -0.4 is 10.6 Å². The molecule has 2 saturated carbocycles. The summed E-state index contributed by atoms with van der Waals surface area (Å²) in [4.78, 5) is 24.4. The number of amides is 2. The molecular formula is C18H21F3N2O2. The van der Waals surface area contributed by atoms with Crippen LogP contribution in [0.5, 0.6) is 0 Å². The normalized spacial score (nSPS) is 23.8. The quantitative estimate of drug-likeness (QED) is 0.866.